The van der Waals surface area contributed by atoms with Crippen LogP contribution < -0.4 is 10.5 Å². The average Bonchev–Trinajstić information content (AvgIpc) is 2.91. The van der Waals surface area contributed by atoms with E-state index in [0.717, 1.165) is 38.5 Å². The Morgan fingerprint density at radius 3 is 2.00 bits per heavy atom. The van der Waals surface area contributed by atoms with Gasteiger partial charge in [0.05, 0.1) is 5.25 Å². The number of nitrogens with one attached hydrogen (secondary N) is 1. The van der Waals surface area contributed by atoms with Crippen LogP contribution in [0.25, 0.3) is 0 Å². The molecule has 0 bridgehead atoms. The summed E-state index contributed by atoms with van der Waals surface area (Å²) in [4.78, 5) is 0. The van der Waals surface area contributed by atoms with E-state index in [4.69, 9.17) is 5.73 Å². The van der Waals surface area contributed by atoms with Crippen molar-refractivity contribution in [3.63, 3.8) is 0 Å². The minimum atomic E-state index is -3.00. The van der Waals surface area contributed by atoms with E-state index in [-0.39, 0.29) is 29.7 Å². The Hall–Kier alpha value is 0.160. The lowest BCUT2D eigenvalue weighted by Crippen LogP contribution is -2.41. The van der Waals surface area contributed by atoms with Gasteiger partial charge in [0.1, 0.15) is 0 Å². The summed E-state index contributed by atoms with van der Waals surface area (Å²) in [5.74, 6) is 0. The van der Waals surface area contributed by atoms with Crippen LogP contribution in [0.15, 0.2) is 0 Å². The topological polar surface area (TPSA) is 72.2 Å². The third-order valence-electron chi connectivity index (χ3n) is 3.07. The normalized spacial score (nSPS) is 32.1. The fourth-order valence-corrected chi connectivity index (χ4v) is 3.59. The monoisotopic (exact) mass is 254 g/mol. The first-order valence-electron chi connectivity index (χ1n) is 5.34. The summed E-state index contributed by atoms with van der Waals surface area (Å²) in [5, 5.41) is -0.0990. The third-order valence-corrected chi connectivity index (χ3v) is 5.08. The molecule has 0 aromatic rings. The van der Waals surface area contributed by atoms with Crippen molar-refractivity contribution in [1.29, 1.82) is 0 Å². The van der Waals surface area contributed by atoms with Gasteiger partial charge in [0, 0.05) is 12.1 Å². The molecule has 0 amide bonds. The lowest BCUT2D eigenvalue weighted by atomic mass is 9.93. The summed E-state index contributed by atoms with van der Waals surface area (Å²) in [6.45, 7) is 0. The van der Waals surface area contributed by atoms with Gasteiger partial charge in [0.15, 0.2) is 0 Å². The molecule has 0 heterocycles. The van der Waals surface area contributed by atoms with Gasteiger partial charge in [-0.2, -0.15) is 0 Å². The van der Waals surface area contributed by atoms with Crippen LogP contribution in [0.1, 0.15) is 38.5 Å². The van der Waals surface area contributed by atoms with Crippen molar-refractivity contribution in [1.82, 2.24) is 4.72 Å². The Morgan fingerprint density at radius 2 is 1.53 bits per heavy atom. The first-order valence-corrected chi connectivity index (χ1v) is 6.89. The van der Waals surface area contributed by atoms with Crippen LogP contribution in [0, 0.1) is 0 Å². The zero-order chi connectivity index (χ0) is 10.2. The molecule has 2 saturated carbocycles. The molecular weight excluding hydrogens is 236 g/mol. The molecule has 2 aliphatic rings. The molecule has 2 rings (SSSR count). The Balaban J connectivity index is 0.00000112. The highest BCUT2D eigenvalue weighted by Crippen LogP contribution is 2.29. The second-order valence-corrected chi connectivity index (χ2v) is 6.47. The zero-order valence-electron chi connectivity index (χ0n) is 8.69. The van der Waals surface area contributed by atoms with Crippen molar-refractivity contribution in [2.24, 2.45) is 5.73 Å². The lowest BCUT2D eigenvalue weighted by molar-refractivity contribution is 0.373. The van der Waals surface area contributed by atoms with Crippen molar-refractivity contribution in [3.8, 4) is 0 Å². The lowest BCUT2D eigenvalue weighted by Gasteiger charge is -2.26. The number of sulfonamides is 1. The van der Waals surface area contributed by atoms with Crippen molar-refractivity contribution in [2.75, 3.05) is 0 Å². The highest BCUT2D eigenvalue weighted by atomic mass is 35.5. The Kier molecular flexibility index (Phi) is 4.40. The first kappa shape index (κ1) is 13.2. The molecule has 15 heavy (non-hydrogen) atoms. The molecule has 0 aliphatic heterocycles. The van der Waals surface area contributed by atoms with E-state index in [1.807, 2.05) is 0 Å². The molecule has 6 heteroatoms. The summed E-state index contributed by atoms with van der Waals surface area (Å²) < 4.78 is 26.0. The van der Waals surface area contributed by atoms with Crippen LogP contribution in [0.4, 0.5) is 0 Å². The predicted molar refractivity (Wildman–Crippen MR) is 62.6 cm³/mol. The zero-order valence-corrected chi connectivity index (χ0v) is 10.3. The van der Waals surface area contributed by atoms with E-state index in [0.29, 0.717) is 0 Å². The van der Waals surface area contributed by atoms with E-state index in [2.05, 4.69) is 4.72 Å². The Labute approximate surface area is 97.5 Å². The van der Waals surface area contributed by atoms with Gasteiger partial charge in [0.25, 0.3) is 0 Å². The molecular formula is C9H19ClN2O2S. The second kappa shape index (κ2) is 4.99. The van der Waals surface area contributed by atoms with Gasteiger partial charge >= 0.3 is 0 Å². The molecule has 3 N–H and O–H groups in total. The van der Waals surface area contributed by atoms with E-state index >= 15 is 0 Å². The van der Waals surface area contributed by atoms with Gasteiger partial charge in [-0.15, -0.1) is 12.4 Å². The SMILES string of the molecule is Cl.NC1CCC(NS(=O)(=O)C2CC2)CC1. The molecule has 0 radical (unpaired) electrons. The van der Waals surface area contributed by atoms with Crippen LogP contribution in [0.2, 0.25) is 0 Å². The molecule has 4 nitrogen and oxygen atoms in total. The predicted octanol–water partition coefficient (Wildman–Crippen LogP) is 0.760. The molecule has 2 fully saturated rings. The maximum atomic E-state index is 11.6. The van der Waals surface area contributed by atoms with Gasteiger partial charge in [-0.1, -0.05) is 0 Å². The summed E-state index contributed by atoms with van der Waals surface area (Å²) >= 11 is 0. The van der Waals surface area contributed by atoms with Crippen LogP contribution in [0.3, 0.4) is 0 Å². The van der Waals surface area contributed by atoms with Crippen molar-refractivity contribution >= 4 is 22.4 Å². The maximum Gasteiger partial charge on any atom is 0.214 e. The molecule has 2 aliphatic carbocycles. The number of hydrogen-bond acceptors (Lipinski definition) is 3. The Bertz CT molecular complexity index is 295. The van der Waals surface area contributed by atoms with Crippen LogP contribution >= 0.6 is 12.4 Å². The van der Waals surface area contributed by atoms with Gasteiger partial charge in [-0.3, -0.25) is 0 Å². The molecule has 0 aromatic heterocycles. The van der Waals surface area contributed by atoms with Crippen molar-refractivity contribution in [2.45, 2.75) is 55.9 Å². The van der Waals surface area contributed by atoms with E-state index < -0.39 is 10.0 Å². The minimum absolute atomic E-state index is 0. The fourth-order valence-electron chi connectivity index (χ4n) is 1.94. The molecule has 0 atom stereocenters. The van der Waals surface area contributed by atoms with Gasteiger partial charge in [-0.25, -0.2) is 13.1 Å². The summed E-state index contributed by atoms with van der Waals surface area (Å²) in [7, 11) is -3.00. The first-order chi connectivity index (χ1) is 6.58. The highest BCUT2D eigenvalue weighted by Gasteiger charge is 2.37. The molecule has 0 unspecified atom stereocenters. The van der Waals surface area contributed by atoms with Crippen molar-refractivity contribution in [3.05, 3.63) is 0 Å². The largest absolute Gasteiger partial charge is 0.328 e. The number of nitrogens with two attached hydrogens (primary N) is 1. The number of rotatable bonds is 3. The van der Waals surface area contributed by atoms with E-state index in [9.17, 15) is 8.42 Å². The quantitative estimate of drug-likeness (QED) is 0.781. The van der Waals surface area contributed by atoms with Crippen molar-refractivity contribution < 1.29 is 8.42 Å². The smallest absolute Gasteiger partial charge is 0.214 e. The summed E-state index contributed by atoms with van der Waals surface area (Å²) in [6, 6.07) is 0.414. The Morgan fingerprint density at radius 1 is 1.00 bits per heavy atom. The number of halogens is 1. The molecule has 0 saturated heterocycles. The van der Waals surface area contributed by atoms with Gasteiger partial charge in [0.2, 0.25) is 10.0 Å². The molecule has 90 valence electrons. The highest BCUT2D eigenvalue weighted by molar-refractivity contribution is 7.90. The second-order valence-electron chi connectivity index (χ2n) is 4.47. The van der Waals surface area contributed by atoms with Gasteiger partial charge in [-0.05, 0) is 38.5 Å². The van der Waals surface area contributed by atoms with Crippen LogP contribution in [0.5, 0.6) is 0 Å². The van der Waals surface area contributed by atoms with Gasteiger partial charge < -0.3 is 5.73 Å². The van der Waals surface area contributed by atoms with E-state index in [1.165, 1.54) is 0 Å². The summed E-state index contributed by atoms with van der Waals surface area (Å²) in [5.41, 5.74) is 5.76. The maximum absolute atomic E-state index is 11.6. The fraction of sp³-hybridized carbons (Fsp3) is 1.00. The molecule has 0 spiro atoms. The minimum Gasteiger partial charge on any atom is -0.328 e. The standard InChI is InChI=1S/C9H18N2O2S.ClH/c10-7-1-3-8(4-2-7)11-14(12,13)9-5-6-9;/h7-9,11H,1-6,10H2;1H. The summed E-state index contributed by atoms with van der Waals surface area (Å²) in [6.07, 6.45) is 5.35. The average molecular weight is 255 g/mol. The molecule has 0 aromatic carbocycles. The number of hydrogen-bond donors (Lipinski definition) is 2. The van der Waals surface area contributed by atoms with E-state index in [1.54, 1.807) is 0 Å². The van der Waals surface area contributed by atoms with Crippen LogP contribution in [-0.2, 0) is 10.0 Å². The third kappa shape index (κ3) is 3.59. The van der Waals surface area contributed by atoms with Crippen LogP contribution in [-0.4, -0.2) is 25.8 Å².